The van der Waals surface area contributed by atoms with Gasteiger partial charge in [-0.05, 0) is 18.3 Å². The molecule has 1 nitrogen and oxygen atoms in total. The Hall–Kier alpha value is 0.394. The van der Waals surface area contributed by atoms with Crippen molar-refractivity contribution < 1.29 is 0 Å². The highest BCUT2D eigenvalue weighted by atomic mass is 28.3. The van der Waals surface area contributed by atoms with Crippen molar-refractivity contribution in [3.63, 3.8) is 0 Å². The van der Waals surface area contributed by atoms with E-state index in [1.165, 1.54) is 13.1 Å². The van der Waals surface area contributed by atoms with Gasteiger partial charge in [0.1, 0.15) is 9.68 Å². The Bertz CT molecular complexity index is 74.0. The van der Waals surface area contributed by atoms with Crippen LogP contribution in [0.1, 0.15) is 20.8 Å². The van der Waals surface area contributed by atoms with E-state index in [1.807, 2.05) is 0 Å². The lowest BCUT2D eigenvalue weighted by molar-refractivity contribution is 0.490. The van der Waals surface area contributed by atoms with E-state index in [4.69, 9.17) is 0 Å². The van der Waals surface area contributed by atoms with E-state index in [9.17, 15) is 0 Å². The molecule has 0 saturated carbocycles. The molecule has 0 bridgehead atoms. The molecule has 10 heavy (non-hydrogen) atoms. The lowest BCUT2D eigenvalue weighted by Gasteiger charge is -2.19. The fraction of sp³-hybridized carbons (Fsp3) is 1.00. The van der Waals surface area contributed by atoms with Gasteiger partial charge in [0, 0.05) is 9.52 Å². The van der Waals surface area contributed by atoms with E-state index in [0.29, 0.717) is 0 Å². The fourth-order valence-corrected chi connectivity index (χ4v) is 2.72. The first-order valence-electron chi connectivity index (χ1n) is 3.92. The summed E-state index contributed by atoms with van der Waals surface area (Å²) in [5, 5.41) is 0.917. The summed E-state index contributed by atoms with van der Waals surface area (Å²) in [5.74, 6) is 0. The van der Waals surface area contributed by atoms with Gasteiger partial charge in [-0.1, -0.05) is 27.3 Å². The maximum absolute atomic E-state index is 2.52. The van der Waals surface area contributed by atoms with Crippen molar-refractivity contribution in [1.82, 2.24) is 4.57 Å². The molecule has 0 aromatic rings. The molecule has 0 aliphatic carbocycles. The van der Waals surface area contributed by atoms with Gasteiger partial charge >= 0.3 is 0 Å². The lowest BCUT2D eigenvalue weighted by atomic mass is 10.7. The number of nitrogens with zero attached hydrogens (tertiary/aromatic N) is 1. The number of rotatable bonds is 5. The molecule has 0 fully saturated rings. The van der Waals surface area contributed by atoms with Crippen molar-refractivity contribution in [2.24, 2.45) is 0 Å². The Morgan fingerprint density at radius 2 is 1.80 bits per heavy atom. The predicted octanol–water partition coefficient (Wildman–Crippen LogP) is 1.47. The molecule has 0 rings (SSSR count). The van der Waals surface area contributed by atoms with Crippen LogP contribution in [0.4, 0.5) is 0 Å². The largest absolute Gasteiger partial charge is 0.326 e. The molecule has 0 aliphatic heterocycles. The molecule has 0 amide bonds. The minimum Gasteiger partial charge on any atom is -0.326 e. The zero-order chi connectivity index (χ0) is 7.98. The van der Waals surface area contributed by atoms with Gasteiger partial charge in [0.2, 0.25) is 0 Å². The minimum absolute atomic E-state index is 0.917. The Kier molecular flexibility index (Phi) is 6.37. The van der Waals surface area contributed by atoms with Crippen LogP contribution in [0.15, 0.2) is 0 Å². The Labute approximate surface area is 69.9 Å². The first-order valence-corrected chi connectivity index (χ1v) is 6.53. The Morgan fingerprint density at radius 1 is 1.30 bits per heavy atom. The fourth-order valence-electron chi connectivity index (χ4n) is 0.745. The van der Waals surface area contributed by atoms with Crippen LogP contribution in [-0.2, 0) is 0 Å². The summed E-state index contributed by atoms with van der Waals surface area (Å²) in [6.07, 6.45) is 0. The first kappa shape index (κ1) is 10.4. The summed E-state index contributed by atoms with van der Waals surface area (Å²) in [7, 11) is 2.14. The standard InChI is InChI=1S/C7H17NSi2/c1-5-8(6-2)10-7(3)9-4/h7H,5-6H2,1-4H3. The first-order chi connectivity index (χ1) is 4.74. The second-order valence-corrected chi connectivity index (χ2v) is 6.09. The summed E-state index contributed by atoms with van der Waals surface area (Å²) in [5.41, 5.74) is 0. The zero-order valence-corrected chi connectivity index (χ0v) is 9.44. The molecule has 58 valence electrons. The van der Waals surface area contributed by atoms with Crippen LogP contribution in [0.2, 0.25) is 11.7 Å². The van der Waals surface area contributed by atoms with Gasteiger partial charge in [0.15, 0.2) is 0 Å². The van der Waals surface area contributed by atoms with E-state index in [-0.39, 0.29) is 0 Å². The van der Waals surface area contributed by atoms with Gasteiger partial charge in [-0.3, -0.25) is 0 Å². The summed E-state index contributed by atoms with van der Waals surface area (Å²) in [6, 6.07) is 0. The average Bonchev–Trinajstić information content (AvgIpc) is 1.99. The molecule has 0 aliphatic rings. The molecular weight excluding hydrogens is 154 g/mol. The SMILES string of the molecule is CCN(CC)[Si]C(C)[Si]C. The summed E-state index contributed by atoms with van der Waals surface area (Å²) < 4.78 is 2.52. The average molecular weight is 171 g/mol. The molecule has 0 saturated heterocycles. The molecule has 0 N–H and O–H groups in total. The number of hydrogen-bond donors (Lipinski definition) is 0. The summed E-state index contributed by atoms with van der Waals surface area (Å²) in [4.78, 5) is 0. The van der Waals surface area contributed by atoms with Crippen molar-refractivity contribution in [1.29, 1.82) is 0 Å². The van der Waals surface area contributed by atoms with Crippen LogP contribution in [0.5, 0.6) is 0 Å². The molecule has 0 aromatic carbocycles. The van der Waals surface area contributed by atoms with Crippen molar-refractivity contribution in [2.75, 3.05) is 13.1 Å². The third-order valence-corrected chi connectivity index (χ3v) is 5.08. The Balaban J connectivity index is 3.41. The highest BCUT2D eigenvalue weighted by Crippen LogP contribution is 2.00. The quantitative estimate of drug-likeness (QED) is 0.566. The van der Waals surface area contributed by atoms with Crippen molar-refractivity contribution in [2.45, 2.75) is 32.5 Å². The van der Waals surface area contributed by atoms with E-state index < -0.39 is 0 Å². The van der Waals surface area contributed by atoms with Crippen LogP contribution in [0.3, 0.4) is 0 Å². The highest BCUT2D eigenvalue weighted by molar-refractivity contribution is 6.56. The predicted molar refractivity (Wildman–Crippen MR) is 49.7 cm³/mol. The molecular formula is C7H17NSi2. The van der Waals surface area contributed by atoms with E-state index >= 15 is 0 Å². The van der Waals surface area contributed by atoms with Crippen LogP contribution in [-0.4, -0.2) is 36.9 Å². The van der Waals surface area contributed by atoms with Crippen LogP contribution >= 0.6 is 0 Å². The topological polar surface area (TPSA) is 3.24 Å². The maximum atomic E-state index is 2.52. The van der Waals surface area contributed by atoms with Gasteiger partial charge in [-0.2, -0.15) is 0 Å². The molecule has 0 spiro atoms. The van der Waals surface area contributed by atoms with E-state index in [1.54, 1.807) is 0 Å². The van der Waals surface area contributed by atoms with E-state index in [0.717, 1.165) is 24.4 Å². The smallest absolute Gasteiger partial charge is 0.141 e. The molecule has 1 unspecified atom stereocenters. The summed E-state index contributed by atoms with van der Waals surface area (Å²) >= 11 is 0. The van der Waals surface area contributed by atoms with Gasteiger partial charge < -0.3 is 4.57 Å². The van der Waals surface area contributed by atoms with Gasteiger partial charge in [0.25, 0.3) is 0 Å². The van der Waals surface area contributed by atoms with Crippen molar-refractivity contribution in [3.8, 4) is 0 Å². The summed E-state index contributed by atoms with van der Waals surface area (Å²) in [6.45, 7) is 11.5. The molecule has 0 aromatic heterocycles. The highest BCUT2D eigenvalue weighted by Gasteiger charge is 2.06. The lowest BCUT2D eigenvalue weighted by Crippen LogP contribution is -2.30. The van der Waals surface area contributed by atoms with Crippen LogP contribution in [0, 0.1) is 0 Å². The third kappa shape index (κ3) is 4.25. The molecule has 3 heteroatoms. The normalized spacial score (nSPS) is 14.1. The number of hydrogen-bond acceptors (Lipinski definition) is 1. The van der Waals surface area contributed by atoms with Crippen LogP contribution < -0.4 is 0 Å². The minimum atomic E-state index is 0.917. The Morgan fingerprint density at radius 3 is 2.10 bits per heavy atom. The third-order valence-electron chi connectivity index (χ3n) is 1.57. The zero-order valence-electron chi connectivity index (χ0n) is 7.44. The monoisotopic (exact) mass is 171 g/mol. The van der Waals surface area contributed by atoms with Crippen molar-refractivity contribution in [3.05, 3.63) is 0 Å². The molecule has 4 radical (unpaired) electrons. The van der Waals surface area contributed by atoms with Gasteiger partial charge in [0.05, 0.1) is 0 Å². The van der Waals surface area contributed by atoms with Crippen molar-refractivity contribution >= 4 is 19.2 Å². The molecule has 0 heterocycles. The van der Waals surface area contributed by atoms with Gasteiger partial charge in [-0.15, -0.1) is 0 Å². The second-order valence-electron chi connectivity index (χ2n) is 2.31. The second kappa shape index (κ2) is 6.13. The van der Waals surface area contributed by atoms with Gasteiger partial charge in [-0.25, -0.2) is 0 Å². The molecule has 1 atom stereocenters. The van der Waals surface area contributed by atoms with E-state index in [2.05, 4.69) is 31.9 Å². The maximum Gasteiger partial charge on any atom is 0.141 e. The van der Waals surface area contributed by atoms with Crippen LogP contribution in [0.25, 0.3) is 0 Å².